The lowest BCUT2D eigenvalue weighted by Crippen LogP contribution is -2.16. The summed E-state index contributed by atoms with van der Waals surface area (Å²) in [6, 6.07) is 25.4. The summed E-state index contributed by atoms with van der Waals surface area (Å²) in [7, 11) is -3.53. The van der Waals surface area contributed by atoms with Gasteiger partial charge in [0, 0.05) is 22.4 Å². The molecule has 5 heteroatoms. The molecule has 0 saturated carbocycles. The molecule has 0 aromatic heterocycles. The van der Waals surface area contributed by atoms with Crippen LogP contribution in [0.1, 0.15) is 41.9 Å². The summed E-state index contributed by atoms with van der Waals surface area (Å²) in [5, 5.41) is 3.39. The van der Waals surface area contributed by atoms with Gasteiger partial charge in [0.1, 0.15) is 0 Å². The van der Waals surface area contributed by atoms with Gasteiger partial charge in [-0.1, -0.05) is 65.9 Å². The summed E-state index contributed by atoms with van der Waals surface area (Å²) < 4.78 is 25.3. The quantitative estimate of drug-likeness (QED) is 0.314. The minimum atomic E-state index is -3.53. The lowest BCUT2D eigenvalue weighted by molar-refractivity contribution is 0.214. The zero-order chi connectivity index (χ0) is 22.1. The number of anilines is 1. The van der Waals surface area contributed by atoms with Gasteiger partial charge in [0.25, 0.3) is 0 Å². The van der Waals surface area contributed by atoms with Crippen LogP contribution in [0.3, 0.4) is 0 Å². The van der Waals surface area contributed by atoms with Crippen molar-refractivity contribution in [1.82, 2.24) is 0 Å². The molecule has 0 saturated heterocycles. The van der Waals surface area contributed by atoms with E-state index in [2.05, 4.69) is 17.2 Å². The molecule has 160 valence electrons. The van der Waals surface area contributed by atoms with Crippen molar-refractivity contribution in [2.45, 2.75) is 26.6 Å². The Labute approximate surface area is 185 Å². The van der Waals surface area contributed by atoms with Gasteiger partial charge < -0.3 is 14.4 Å². The molecule has 3 rings (SSSR count). The number of rotatable bonds is 8. The van der Waals surface area contributed by atoms with Crippen LogP contribution < -0.4 is 5.32 Å². The Hall–Kier alpha value is -2.83. The Morgan fingerprint density at radius 1 is 0.839 bits per heavy atom. The van der Waals surface area contributed by atoms with Gasteiger partial charge >= 0.3 is 7.60 Å². The fraction of sp³-hybridized carbons (Fsp3) is 0.231. The smallest absolute Gasteiger partial charge is 0.357 e. The van der Waals surface area contributed by atoms with E-state index in [1.165, 1.54) is 0 Å². The van der Waals surface area contributed by atoms with Crippen LogP contribution in [0.5, 0.6) is 0 Å². The molecule has 4 nitrogen and oxygen atoms in total. The van der Waals surface area contributed by atoms with Crippen LogP contribution in [0.15, 0.2) is 78.9 Å². The summed E-state index contributed by atoms with van der Waals surface area (Å²) in [5.74, 6) is 5.74. The first kappa shape index (κ1) is 22.8. The fourth-order valence-corrected chi connectivity index (χ4v) is 5.16. The van der Waals surface area contributed by atoms with Crippen LogP contribution in [0.25, 0.3) is 0 Å². The van der Waals surface area contributed by atoms with Crippen molar-refractivity contribution in [3.8, 4) is 11.8 Å². The van der Waals surface area contributed by atoms with Crippen molar-refractivity contribution < 1.29 is 13.6 Å². The maximum absolute atomic E-state index is 13.9. The van der Waals surface area contributed by atoms with Crippen molar-refractivity contribution >= 4 is 13.3 Å². The summed E-state index contributed by atoms with van der Waals surface area (Å²) >= 11 is 0. The molecule has 3 aromatic rings. The van der Waals surface area contributed by atoms with Gasteiger partial charge in [-0.05, 0) is 51.1 Å². The second-order valence-corrected chi connectivity index (χ2v) is 9.10. The average molecular weight is 433 g/mol. The molecule has 0 bridgehead atoms. The van der Waals surface area contributed by atoms with Gasteiger partial charge in [0.05, 0.1) is 13.2 Å². The Morgan fingerprint density at radius 3 is 2.10 bits per heavy atom. The lowest BCUT2D eigenvalue weighted by Gasteiger charge is -2.29. The Morgan fingerprint density at radius 2 is 1.45 bits per heavy atom. The minimum absolute atomic E-state index is 0.279. The topological polar surface area (TPSA) is 47.6 Å². The molecule has 0 aliphatic rings. The summed E-state index contributed by atoms with van der Waals surface area (Å²) in [4.78, 5) is 0. The second-order valence-electron chi connectivity index (χ2n) is 6.99. The van der Waals surface area contributed by atoms with Gasteiger partial charge in [-0.2, -0.15) is 0 Å². The van der Waals surface area contributed by atoms with E-state index in [9.17, 15) is 4.57 Å². The molecule has 31 heavy (non-hydrogen) atoms. The molecule has 0 fully saturated rings. The molecule has 1 unspecified atom stereocenters. The van der Waals surface area contributed by atoms with Gasteiger partial charge in [-0.15, -0.1) is 0 Å². The van der Waals surface area contributed by atoms with E-state index in [4.69, 9.17) is 9.05 Å². The molecular formula is C26H28NO3P. The van der Waals surface area contributed by atoms with Gasteiger partial charge in [0.15, 0.2) is 5.78 Å². The summed E-state index contributed by atoms with van der Waals surface area (Å²) in [5.41, 5.74) is 4.44. The van der Waals surface area contributed by atoms with Gasteiger partial charge in [-0.25, -0.2) is 0 Å². The van der Waals surface area contributed by atoms with E-state index in [-0.39, 0.29) is 13.2 Å². The number of hydrogen-bond donors (Lipinski definition) is 1. The number of nitrogens with one attached hydrogen (secondary N) is 1. The zero-order valence-corrected chi connectivity index (χ0v) is 19.1. The lowest BCUT2D eigenvalue weighted by atomic mass is 10.1. The van der Waals surface area contributed by atoms with Crippen LogP contribution >= 0.6 is 7.60 Å². The van der Waals surface area contributed by atoms with E-state index in [1.807, 2.05) is 99.6 Å². The standard InChI is InChI=1S/C26H28NO3P/c1-4-29-31(28,30-5-2)26(27-24-19-15-21(3)16-20-24)25-14-10-9-13-23(25)18-17-22-11-7-6-8-12-22/h6-16,19-20,26-27H,4-5H2,1-3H3. The number of hydrogen-bond acceptors (Lipinski definition) is 4. The molecule has 1 N–H and O–H groups in total. The molecule has 0 aliphatic heterocycles. The Bertz CT molecular complexity index is 1070. The third kappa shape index (κ3) is 6.09. The van der Waals surface area contributed by atoms with E-state index in [1.54, 1.807) is 0 Å². The fourth-order valence-electron chi connectivity index (χ4n) is 3.19. The first-order chi connectivity index (χ1) is 15.1. The maximum Gasteiger partial charge on any atom is 0.357 e. The van der Waals surface area contributed by atoms with E-state index < -0.39 is 13.4 Å². The first-order valence-corrected chi connectivity index (χ1v) is 12.0. The third-order valence-corrected chi connectivity index (χ3v) is 6.94. The van der Waals surface area contributed by atoms with Crippen molar-refractivity contribution in [3.05, 3.63) is 101 Å². The molecule has 0 heterocycles. The zero-order valence-electron chi connectivity index (χ0n) is 18.2. The van der Waals surface area contributed by atoms with Crippen LogP contribution in [0.4, 0.5) is 5.69 Å². The number of aryl methyl sites for hydroxylation is 1. The predicted molar refractivity (Wildman–Crippen MR) is 127 cm³/mol. The van der Waals surface area contributed by atoms with Crippen molar-refractivity contribution in [2.75, 3.05) is 18.5 Å². The number of benzene rings is 3. The molecule has 0 aliphatic carbocycles. The highest BCUT2D eigenvalue weighted by molar-refractivity contribution is 7.54. The summed E-state index contributed by atoms with van der Waals surface area (Å²) in [6.45, 7) is 6.22. The average Bonchev–Trinajstić information content (AvgIpc) is 2.78. The highest BCUT2D eigenvalue weighted by atomic mass is 31.2. The maximum atomic E-state index is 13.9. The van der Waals surface area contributed by atoms with Crippen LogP contribution in [-0.2, 0) is 13.6 Å². The normalized spacial score (nSPS) is 12.0. The third-order valence-electron chi connectivity index (χ3n) is 4.66. The van der Waals surface area contributed by atoms with Gasteiger partial charge in [0.2, 0.25) is 0 Å². The van der Waals surface area contributed by atoms with E-state index in [0.717, 1.165) is 27.9 Å². The molecule has 0 amide bonds. The highest BCUT2D eigenvalue weighted by Gasteiger charge is 2.38. The van der Waals surface area contributed by atoms with E-state index in [0.29, 0.717) is 0 Å². The molecule has 3 aromatic carbocycles. The van der Waals surface area contributed by atoms with Crippen molar-refractivity contribution in [2.24, 2.45) is 0 Å². The molecule has 1 atom stereocenters. The highest BCUT2D eigenvalue weighted by Crippen LogP contribution is 2.61. The Kier molecular flexibility index (Phi) is 8.09. The first-order valence-electron chi connectivity index (χ1n) is 10.4. The van der Waals surface area contributed by atoms with Crippen molar-refractivity contribution in [3.63, 3.8) is 0 Å². The monoisotopic (exact) mass is 433 g/mol. The molecular weight excluding hydrogens is 405 g/mol. The second kappa shape index (κ2) is 11.0. The van der Waals surface area contributed by atoms with Crippen LogP contribution in [0.2, 0.25) is 0 Å². The summed E-state index contributed by atoms with van der Waals surface area (Å²) in [6.07, 6.45) is 0. The van der Waals surface area contributed by atoms with E-state index >= 15 is 0 Å². The van der Waals surface area contributed by atoms with Crippen LogP contribution in [0, 0.1) is 18.8 Å². The predicted octanol–water partition coefficient (Wildman–Crippen LogP) is 6.77. The Balaban J connectivity index is 2.08. The molecule has 0 radical (unpaired) electrons. The van der Waals surface area contributed by atoms with Crippen molar-refractivity contribution in [1.29, 1.82) is 0 Å². The largest absolute Gasteiger partial charge is 0.368 e. The van der Waals surface area contributed by atoms with Crippen LogP contribution in [-0.4, -0.2) is 13.2 Å². The minimum Gasteiger partial charge on any atom is -0.368 e. The SMILES string of the molecule is CCOP(=O)(OCC)C(Nc1ccc(C)cc1)c1ccccc1C#Cc1ccccc1. The molecule has 0 spiro atoms. The van der Waals surface area contributed by atoms with Gasteiger partial charge in [-0.3, -0.25) is 4.57 Å².